The predicted octanol–water partition coefficient (Wildman–Crippen LogP) is 4.03. The van der Waals surface area contributed by atoms with Gasteiger partial charge in [0.2, 0.25) is 0 Å². The first-order valence-electron chi connectivity index (χ1n) is 10.7. The van der Waals surface area contributed by atoms with E-state index >= 15 is 0 Å². The van der Waals surface area contributed by atoms with Gasteiger partial charge in [-0.1, -0.05) is 18.2 Å². The third-order valence-corrected chi connectivity index (χ3v) is 6.01. The molecule has 1 aromatic carbocycles. The molecule has 5 rings (SSSR count). The fourth-order valence-electron chi connectivity index (χ4n) is 4.28. The number of amides is 1. The van der Waals surface area contributed by atoms with Crippen molar-refractivity contribution in [3.8, 4) is 0 Å². The third kappa shape index (κ3) is 4.10. The summed E-state index contributed by atoms with van der Waals surface area (Å²) in [4.78, 5) is 21.1. The third-order valence-electron chi connectivity index (χ3n) is 6.01. The zero-order valence-corrected chi connectivity index (χ0v) is 18.2. The van der Waals surface area contributed by atoms with E-state index in [1.54, 1.807) is 24.5 Å². The molecule has 0 fully saturated rings. The van der Waals surface area contributed by atoms with Crippen LogP contribution < -0.4 is 0 Å². The second kappa shape index (κ2) is 8.73. The summed E-state index contributed by atoms with van der Waals surface area (Å²) in [6.45, 7) is 3.45. The molecule has 1 N–H and O–H groups in total. The van der Waals surface area contributed by atoms with Crippen LogP contribution in [-0.4, -0.2) is 37.3 Å². The second-order valence-corrected chi connectivity index (χ2v) is 8.17. The van der Waals surface area contributed by atoms with Gasteiger partial charge in [0.05, 0.1) is 31.5 Å². The lowest BCUT2D eigenvalue weighted by atomic mass is 9.99. The van der Waals surface area contributed by atoms with Gasteiger partial charge in [-0.05, 0) is 48.2 Å². The number of halogens is 1. The van der Waals surface area contributed by atoms with Crippen LogP contribution in [-0.2, 0) is 30.9 Å². The van der Waals surface area contributed by atoms with Gasteiger partial charge in [-0.3, -0.25) is 15.0 Å². The molecule has 0 spiro atoms. The van der Waals surface area contributed by atoms with Gasteiger partial charge < -0.3 is 9.30 Å². The Kier molecular flexibility index (Phi) is 5.62. The Morgan fingerprint density at radius 1 is 1.12 bits per heavy atom. The maximum atomic E-state index is 13.4. The van der Waals surface area contributed by atoms with Crippen LogP contribution in [0, 0.1) is 12.7 Å². The van der Waals surface area contributed by atoms with Crippen LogP contribution in [0.25, 0.3) is 10.9 Å². The van der Waals surface area contributed by atoms with Crippen LogP contribution in [0.3, 0.4) is 0 Å². The normalized spacial score (nSPS) is 13.5. The van der Waals surface area contributed by atoms with Gasteiger partial charge in [0.15, 0.2) is 0 Å². The number of pyridine rings is 2. The van der Waals surface area contributed by atoms with Gasteiger partial charge in [-0.2, -0.15) is 0 Å². The Balaban J connectivity index is 1.52. The van der Waals surface area contributed by atoms with E-state index in [1.165, 1.54) is 12.1 Å². The smallest absolute Gasteiger partial charge is 0.296 e. The Bertz CT molecular complexity index is 1330. The maximum absolute atomic E-state index is 13.4. The molecule has 0 radical (unpaired) electrons. The number of hydrogen-bond donors (Lipinski definition) is 1. The average molecular weight is 446 g/mol. The molecule has 0 unspecified atom stereocenters. The topological polar surface area (TPSA) is 80.5 Å². The number of aromatic nitrogens is 3. The van der Waals surface area contributed by atoms with Crippen molar-refractivity contribution < 1.29 is 19.1 Å². The molecule has 4 aromatic rings. The van der Waals surface area contributed by atoms with Gasteiger partial charge >= 0.3 is 0 Å². The summed E-state index contributed by atoms with van der Waals surface area (Å²) < 4.78 is 21.4. The zero-order chi connectivity index (χ0) is 22.9. The van der Waals surface area contributed by atoms with Gasteiger partial charge in [0.1, 0.15) is 11.5 Å². The lowest BCUT2D eigenvalue weighted by Crippen LogP contribution is -2.35. The Morgan fingerprint density at radius 3 is 2.70 bits per heavy atom. The minimum absolute atomic E-state index is 0.213. The summed E-state index contributed by atoms with van der Waals surface area (Å²) in [5, 5.41) is 11.5. The van der Waals surface area contributed by atoms with Crippen LogP contribution in [0.4, 0.5) is 4.39 Å². The van der Waals surface area contributed by atoms with Crippen molar-refractivity contribution >= 4 is 16.8 Å². The van der Waals surface area contributed by atoms with Crippen molar-refractivity contribution in [3.63, 3.8) is 0 Å². The number of hydroxylamine groups is 2. The number of fused-ring (bicyclic) bond motifs is 3. The molecule has 0 saturated carbocycles. The first-order valence-corrected chi connectivity index (χ1v) is 10.7. The van der Waals surface area contributed by atoms with Crippen molar-refractivity contribution in [1.29, 1.82) is 0 Å². The first kappa shape index (κ1) is 21.2. The van der Waals surface area contributed by atoms with E-state index in [2.05, 4.69) is 9.97 Å². The highest BCUT2D eigenvalue weighted by molar-refractivity contribution is 6.00. The highest BCUT2D eigenvalue weighted by atomic mass is 19.1. The molecule has 8 heteroatoms. The SMILES string of the molecule is Cc1ncccc1COCc1cn(Cc2ccc(F)cc2)c2cnc3c(c12)CCN(O)C3=O. The molecule has 33 heavy (non-hydrogen) atoms. The molecule has 0 saturated heterocycles. The highest BCUT2D eigenvalue weighted by Crippen LogP contribution is 2.31. The molecular formula is C25H23FN4O3. The zero-order valence-electron chi connectivity index (χ0n) is 18.2. The molecule has 1 aliphatic rings. The molecule has 1 amide bonds. The van der Waals surface area contributed by atoms with Gasteiger partial charge in [-0.25, -0.2) is 14.4 Å². The fourth-order valence-corrected chi connectivity index (χ4v) is 4.28. The summed E-state index contributed by atoms with van der Waals surface area (Å²) in [6.07, 6.45) is 5.91. The van der Waals surface area contributed by atoms with E-state index in [0.29, 0.717) is 31.2 Å². The average Bonchev–Trinajstić information content (AvgIpc) is 3.16. The Morgan fingerprint density at radius 2 is 1.91 bits per heavy atom. The largest absolute Gasteiger partial charge is 0.372 e. The predicted molar refractivity (Wildman–Crippen MR) is 119 cm³/mol. The summed E-state index contributed by atoms with van der Waals surface area (Å²) in [5.41, 5.74) is 5.77. The number of nitrogens with zero attached hydrogens (tertiary/aromatic N) is 4. The minimum atomic E-state index is -0.498. The van der Waals surface area contributed by atoms with Crippen LogP contribution in [0.2, 0.25) is 0 Å². The molecule has 1 aliphatic heterocycles. The number of rotatable bonds is 6. The van der Waals surface area contributed by atoms with Crippen LogP contribution >= 0.6 is 0 Å². The number of ether oxygens (including phenoxy) is 1. The number of benzene rings is 1. The molecule has 168 valence electrons. The molecule has 3 aromatic heterocycles. The lowest BCUT2D eigenvalue weighted by Gasteiger charge is -2.23. The summed E-state index contributed by atoms with van der Waals surface area (Å²) in [5.74, 6) is -0.777. The molecule has 4 heterocycles. The monoisotopic (exact) mass is 446 g/mol. The van der Waals surface area contributed by atoms with Gasteiger partial charge in [-0.15, -0.1) is 0 Å². The first-order chi connectivity index (χ1) is 16.0. The number of carbonyl (C=O) groups is 1. The van der Waals surface area contributed by atoms with Gasteiger partial charge in [0, 0.05) is 35.6 Å². The van der Waals surface area contributed by atoms with Crippen molar-refractivity contribution in [3.05, 3.63) is 94.4 Å². The standard InChI is InChI=1S/C25H23FN4O3/c1-16-18(3-2-9-27-16)14-33-15-19-13-29(12-17-4-6-20(26)7-5-17)22-11-28-24-21(23(19)22)8-10-30(32)25(24)31/h2-7,9,11,13,32H,8,10,12,14-15H2,1H3. The minimum Gasteiger partial charge on any atom is -0.372 e. The van der Waals surface area contributed by atoms with E-state index in [0.717, 1.165) is 38.9 Å². The van der Waals surface area contributed by atoms with Crippen LogP contribution in [0.15, 0.2) is 55.0 Å². The second-order valence-electron chi connectivity index (χ2n) is 8.17. The van der Waals surface area contributed by atoms with Crippen LogP contribution in [0.1, 0.15) is 38.4 Å². The van der Waals surface area contributed by atoms with E-state index in [9.17, 15) is 14.4 Å². The van der Waals surface area contributed by atoms with Crippen molar-refractivity contribution in [2.24, 2.45) is 0 Å². The van der Waals surface area contributed by atoms with Gasteiger partial charge in [0.25, 0.3) is 5.91 Å². The van der Waals surface area contributed by atoms with E-state index in [4.69, 9.17) is 4.74 Å². The van der Waals surface area contributed by atoms with Crippen molar-refractivity contribution in [1.82, 2.24) is 19.6 Å². The number of hydrogen-bond acceptors (Lipinski definition) is 5. The maximum Gasteiger partial charge on any atom is 0.296 e. The molecule has 0 bridgehead atoms. The van der Waals surface area contributed by atoms with Crippen molar-refractivity contribution in [2.75, 3.05) is 6.54 Å². The summed E-state index contributed by atoms with van der Waals surface area (Å²) in [6, 6.07) is 10.3. The Labute approximate surface area is 190 Å². The molecule has 0 aliphatic carbocycles. The Hall–Kier alpha value is -3.62. The molecule has 7 nitrogen and oxygen atoms in total. The molecular weight excluding hydrogens is 423 g/mol. The number of carbonyl (C=O) groups excluding carboxylic acids is 1. The van der Waals surface area contributed by atoms with E-state index in [1.807, 2.05) is 29.8 Å². The highest BCUT2D eigenvalue weighted by Gasteiger charge is 2.28. The molecule has 0 atom stereocenters. The van der Waals surface area contributed by atoms with Crippen LogP contribution in [0.5, 0.6) is 0 Å². The summed E-state index contributed by atoms with van der Waals surface area (Å²) >= 11 is 0. The summed E-state index contributed by atoms with van der Waals surface area (Å²) in [7, 11) is 0. The lowest BCUT2D eigenvalue weighted by molar-refractivity contribution is -0.0606. The van der Waals surface area contributed by atoms with Crippen molar-refractivity contribution in [2.45, 2.75) is 33.1 Å². The van der Waals surface area contributed by atoms with E-state index in [-0.39, 0.29) is 18.1 Å². The van der Waals surface area contributed by atoms with E-state index < -0.39 is 5.91 Å². The fraction of sp³-hybridized carbons (Fsp3) is 0.240. The number of aryl methyl sites for hydroxylation is 1. The quantitative estimate of drug-likeness (QED) is 0.453.